The largest absolute Gasteiger partial charge is 0.444 e. The second-order valence-electron chi connectivity index (χ2n) is 10.2. The summed E-state index contributed by atoms with van der Waals surface area (Å²) in [5.74, 6) is 0.583. The van der Waals surface area contributed by atoms with Crippen LogP contribution in [-0.4, -0.2) is 53.7 Å². The summed E-state index contributed by atoms with van der Waals surface area (Å²) in [6.45, 7) is 9.11. The van der Waals surface area contributed by atoms with Crippen molar-refractivity contribution in [1.82, 2.24) is 9.80 Å². The highest BCUT2D eigenvalue weighted by molar-refractivity contribution is 5.67. The summed E-state index contributed by atoms with van der Waals surface area (Å²) in [6.07, 6.45) is 9.84. The summed E-state index contributed by atoms with van der Waals surface area (Å²) >= 11 is 0. The quantitative estimate of drug-likeness (QED) is 0.631. The zero-order valence-corrected chi connectivity index (χ0v) is 19.0. The van der Waals surface area contributed by atoms with Gasteiger partial charge < -0.3 is 9.64 Å². The number of carbonyl (C=O) groups is 1. The normalized spacial score (nSPS) is 25.7. The van der Waals surface area contributed by atoms with E-state index in [1.807, 2.05) is 27.8 Å². The predicted molar refractivity (Wildman–Crippen MR) is 119 cm³/mol. The molecule has 4 heteroatoms. The molecule has 0 spiro atoms. The molecule has 4 nitrogen and oxygen atoms in total. The summed E-state index contributed by atoms with van der Waals surface area (Å²) < 4.78 is 5.53. The van der Waals surface area contributed by atoms with Gasteiger partial charge in [-0.05, 0) is 96.7 Å². The Morgan fingerprint density at radius 3 is 2.34 bits per heavy atom. The van der Waals surface area contributed by atoms with E-state index in [9.17, 15) is 4.79 Å². The minimum atomic E-state index is -0.430. The van der Waals surface area contributed by atoms with E-state index in [1.54, 1.807) is 4.90 Å². The van der Waals surface area contributed by atoms with Crippen molar-refractivity contribution in [2.75, 3.05) is 26.7 Å². The molecule has 0 aromatic heterocycles. The third kappa shape index (κ3) is 6.21. The Morgan fingerprint density at radius 2 is 1.76 bits per heavy atom. The monoisotopic (exact) mass is 400 g/mol. The lowest BCUT2D eigenvalue weighted by atomic mass is 9.72. The van der Waals surface area contributed by atoms with Crippen molar-refractivity contribution in [3.05, 3.63) is 35.9 Å². The molecule has 3 rings (SSSR count). The molecule has 1 saturated heterocycles. The molecule has 1 amide bonds. The van der Waals surface area contributed by atoms with Gasteiger partial charge in [0.1, 0.15) is 5.60 Å². The van der Waals surface area contributed by atoms with Crippen molar-refractivity contribution in [3.63, 3.8) is 0 Å². The number of hydrogen-bond acceptors (Lipinski definition) is 3. The number of benzene rings is 1. The number of likely N-dealkylation sites (tertiary alicyclic amines) is 1. The van der Waals surface area contributed by atoms with Crippen molar-refractivity contribution in [1.29, 1.82) is 0 Å². The number of aryl methyl sites for hydroxylation is 1. The second-order valence-corrected chi connectivity index (χ2v) is 10.2. The summed E-state index contributed by atoms with van der Waals surface area (Å²) in [5.41, 5.74) is 1.38. The zero-order valence-electron chi connectivity index (χ0n) is 19.0. The molecule has 1 aromatic carbocycles. The van der Waals surface area contributed by atoms with E-state index < -0.39 is 5.60 Å². The summed E-state index contributed by atoms with van der Waals surface area (Å²) in [7, 11) is 1.88. The molecule has 1 heterocycles. The Labute approximate surface area is 177 Å². The summed E-state index contributed by atoms with van der Waals surface area (Å²) in [5, 5.41) is 0. The Morgan fingerprint density at radius 1 is 1.14 bits per heavy atom. The van der Waals surface area contributed by atoms with Gasteiger partial charge in [0.2, 0.25) is 0 Å². The van der Waals surface area contributed by atoms with Gasteiger partial charge in [0.25, 0.3) is 0 Å². The molecule has 0 radical (unpaired) electrons. The number of rotatable bonds is 6. The lowest BCUT2D eigenvalue weighted by molar-refractivity contribution is 0.0179. The molecule has 1 saturated carbocycles. The van der Waals surface area contributed by atoms with Crippen LogP contribution in [0.3, 0.4) is 0 Å². The molecule has 1 aromatic rings. The maximum atomic E-state index is 12.3. The van der Waals surface area contributed by atoms with Crippen LogP contribution in [0.15, 0.2) is 30.3 Å². The summed E-state index contributed by atoms with van der Waals surface area (Å²) in [4.78, 5) is 16.9. The lowest BCUT2D eigenvalue weighted by Gasteiger charge is -2.47. The highest BCUT2D eigenvalue weighted by Crippen LogP contribution is 2.41. The van der Waals surface area contributed by atoms with Gasteiger partial charge >= 0.3 is 6.09 Å². The van der Waals surface area contributed by atoms with Crippen molar-refractivity contribution in [2.45, 2.75) is 83.3 Å². The van der Waals surface area contributed by atoms with Crippen LogP contribution in [0.4, 0.5) is 4.79 Å². The molecule has 162 valence electrons. The van der Waals surface area contributed by atoms with Crippen LogP contribution in [0.1, 0.15) is 71.3 Å². The highest BCUT2D eigenvalue weighted by atomic mass is 16.6. The fourth-order valence-corrected chi connectivity index (χ4v) is 5.14. The van der Waals surface area contributed by atoms with Gasteiger partial charge in [-0.1, -0.05) is 30.3 Å². The Bertz CT molecular complexity index is 639. The fourth-order valence-electron chi connectivity index (χ4n) is 5.14. The molecule has 0 unspecified atom stereocenters. The molecule has 29 heavy (non-hydrogen) atoms. The first-order chi connectivity index (χ1) is 13.8. The molecule has 0 bridgehead atoms. The number of amides is 1. The Kier molecular flexibility index (Phi) is 7.26. The molecule has 2 fully saturated rings. The minimum absolute atomic E-state index is 0.196. The molecule has 0 atom stereocenters. The lowest BCUT2D eigenvalue weighted by Crippen LogP contribution is -2.51. The topological polar surface area (TPSA) is 32.8 Å². The predicted octanol–water partition coefficient (Wildman–Crippen LogP) is 5.51. The van der Waals surface area contributed by atoms with E-state index in [0.717, 1.165) is 6.54 Å². The van der Waals surface area contributed by atoms with E-state index in [-0.39, 0.29) is 6.09 Å². The fraction of sp³-hybridized carbons (Fsp3) is 0.720. The van der Waals surface area contributed by atoms with Crippen LogP contribution in [0, 0.1) is 5.92 Å². The third-order valence-electron chi connectivity index (χ3n) is 6.77. The average Bonchev–Trinajstić information content (AvgIpc) is 3.23. The third-order valence-corrected chi connectivity index (χ3v) is 6.77. The van der Waals surface area contributed by atoms with E-state index in [1.165, 1.54) is 70.0 Å². The smallest absolute Gasteiger partial charge is 0.410 e. The van der Waals surface area contributed by atoms with Gasteiger partial charge in [-0.15, -0.1) is 0 Å². The molecular weight excluding hydrogens is 360 g/mol. The van der Waals surface area contributed by atoms with Crippen molar-refractivity contribution in [3.8, 4) is 0 Å². The van der Waals surface area contributed by atoms with Gasteiger partial charge in [0.05, 0.1) is 0 Å². The number of hydrogen-bond donors (Lipinski definition) is 0. The van der Waals surface area contributed by atoms with E-state index in [2.05, 4.69) is 35.2 Å². The molecule has 0 N–H and O–H groups in total. The van der Waals surface area contributed by atoms with Gasteiger partial charge in [-0.2, -0.15) is 0 Å². The van der Waals surface area contributed by atoms with Crippen LogP contribution in [0.25, 0.3) is 0 Å². The molecular formula is C25H40N2O2. The standard InChI is InChI=1S/C25H40N2O2/c1-24(2,3)29-23(28)26(4)20-22-13-16-25(17-14-22,27-18-8-9-19-27)15-12-21-10-6-5-7-11-21/h5-7,10-11,22H,8-9,12-20H2,1-4H3. The van der Waals surface area contributed by atoms with Crippen LogP contribution in [0.2, 0.25) is 0 Å². The van der Waals surface area contributed by atoms with Gasteiger partial charge in [0.15, 0.2) is 0 Å². The van der Waals surface area contributed by atoms with Crippen LogP contribution in [-0.2, 0) is 11.2 Å². The number of carbonyl (C=O) groups excluding carboxylic acids is 1. The van der Waals surface area contributed by atoms with Crippen molar-refractivity contribution >= 4 is 6.09 Å². The molecule has 1 aliphatic carbocycles. The number of ether oxygens (including phenoxy) is 1. The summed E-state index contributed by atoms with van der Waals surface area (Å²) in [6, 6.07) is 10.9. The van der Waals surface area contributed by atoms with Crippen LogP contribution < -0.4 is 0 Å². The van der Waals surface area contributed by atoms with E-state index in [4.69, 9.17) is 4.74 Å². The SMILES string of the molecule is CN(CC1CCC(CCc2ccccc2)(N2CCCC2)CC1)C(=O)OC(C)(C)C. The number of nitrogens with zero attached hydrogens (tertiary/aromatic N) is 2. The first-order valence-electron chi connectivity index (χ1n) is 11.5. The van der Waals surface area contributed by atoms with Crippen molar-refractivity contribution in [2.24, 2.45) is 5.92 Å². The first-order valence-corrected chi connectivity index (χ1v) is 11.5. The Hall–Kier alpha value is -1.55. The average molecular weight is 401 g/mol. The zero-order chi connectivity index (χ0) is 20.9. The van der Waals surface area contributed by atoms with E-state index in [0.29, 0.717) is 11.5 Å². The maximum Gasteiger partial charge on any atom is 0.410 e. The minimum Gasteiger partial charge on any atom is -0.444 e. The Balaban J connectivity index is 1.56. The van der Waals surface area contributed by atoms with Crippen molar-refractivity contribution < 1.29 is 9.53 Å². The van der Waals surface area contributed by atoms with E-state index >= 15 is 0 Å². The van der Waals surface area contributed by atoms with Crippen LogP contribution in [0.5, 0.6) is 0 Å². The van der Waals surface area contributed by atoms with Gasteiger partial charge in [-0.3, -0.25) is 4.90 Å². The first kappa shape index (κ1) is 22.1. The molecule has 1 aliphatic heterocycles. The second kappa shape index (κ2) is 9.51. The van der Waals surface area contributed by atoms with Gasteiger partial charge in [0, 0.05) is 19.1 Å². The molecule has 2 aliphatic rings. The van der Waals surface area contributed by atoms with Crippen LogP contribution >= 0.6 is 0 Å². The highest BCUT2D eigenvalue weighted by Gasteiger charge is 2.41. The maximum absolute atomic E-state index is 12.3. The van der Waals surface area contributed by atoms with Gasteiger partial charge in [-0.25, -0.2) is 4.79 Å².